The Labute approximate surface area is 183 Å². The number of esters is 1. The molecule has 162 valence electrons. The highest BCUT2D eigenvalue weighted by Gasteiger charge is 2.23. The molecule has 0 aliphatic carbocycles. The van der Waals surface area contributed by atoms with Crippen LogP contribution in [0.5, 0.6) is 5.75 Å². The van der Waals surface area contributed by atoms with Crippen LogP contribution in [0.3, 0.4) is 0 Å². The van der Waals surface area contributed by atoms with Crippen molar-refractivity contribution in [2.75, 3.05) is 19.7 Å². The van der Waals surface area contributed by atoms with Crippen LogP contribution in [0.25, 0.3) is 10.8 Å². The van der Waals surface area contributed by atoms with E-state index in [1.807, 2.05) is 31.2 Å². The van der Waals surface area contributed by atoms with Crippen molar-refractivity contribution in [2.45, 2.75) is 38.3 Å². The Kier molecular flexibility index (Phi) is 6.85. The Morgan fingerprint density at radius 1 is 1.06 bits per heavy atom. The summed E-state index contributed by atoms with van der Waals surface area (Å²) < 4.78 is 11.4. The maximum Gasteiger partial charge on any atom is 0.313 e. The van der Waals surface area contributed by atoms with Crippen molar-refractivity contribution in [3.05, 3.63) is 77.4 Å². The zero-order chi connectivity index (χ0) is 21.6. The lowest BCUT2D eigenvalue weighted by atomic mass is 9.91. The number of nitrogens with two attached hydrogens (primary N) is 1. The van der Waals surface area contributed by atoms with Crippen molar-refractivity contribution >= 4 is 16.7 Å². The highest BCUT2D eigenvalue weighted by Crippen LogP contribution is 2.27. The highest BCUT2D eigenvalue weighted by molar-refractivity contribution is 5.84. The molecule has 31 heavy (non-hydrogen) atoms. The minimum absolute atomic E-state index is 0.202. The van der Waals surface area contributed by atoms with E-state index in [-0.39, 0.29) is 18.0 Å². The van der Waals surface area contributed by atoms with Gasteiger partial charge >= 0.3 is 5.97 Å². The van der Waals surface area contributed by atoms with E-state index in [2.05, 4.69) is 41.7 Å². The number of carbonyl (C=O) groups is 1. The van der Waals surface area contributed by atoms with Crippen molar-refractivity contribution in [3.8, 4) is 5.75 Å². The van der Waals surface area contributed by atoms with Crippen molar-refractivity contribution in [3.63, 3.8) is 0 Å². The van der Waals surface area contributed by atoms with Crippen LogP contribution in [0.15, 0.2) is 60.7 Å². The number of ether oxygens (including phenoxy) is 2. The summed E-state index contributed by atoms with van der Waals surface area (Å²) in [4.78, 5) is 12.8. The van der Waals surface area contributed by atoms with Crippen molar-refractivity contribution < 1.29 is 14.3 Å². The van der Waals surface area contributed by atoms with E-state index in [0.29, 0.717) is 19.6 Å². The molecule has 5 heteroatoms. The number of nitrogens with one attached hydrogen (secondary N) is 1. The first-order valence-electron chi connectivity index (χ1n) is 11.0. The van der Waals surface area contributed by atoms with Gasteiger partial charge in [0.05, 0.1) is 12.5 Å². The van der Waals surface area contributed by atoms with Gasteiger partial charge < -0.3 is 20.5 Å². The number of benzene rings is 3. The smallest absolute Gasteiger partial charge is 0.313 e. The predicted octanol–water partition coefficient (Wildman–Crippen LogP) is 3.93. The fourth-order valence-electron chi connectivity index (χ4n) is 4.12. The molecule has 5 nitrogen and oxygen atoms in total. The van der Waals surface area contributed by atoms with Crippen LogP contribution in [-0.4, -0.2) is 31.8 Å². The van der Waals surface area contributed by atoms with Gasteiger partial charge in [-0.3, -0.25) is 4.79 Å². The highest BCUT2D eigenvalue weighted by atomic mass is 16.5. The third kappa shape index (κ3) is 5.24. The number of hydrogen-bond donors (Lipinski definition) is 2. The molecule has 0 bridgehead atoms. The summed E-state index contributed by atoms with van der Waals surface area (Å²) in [5, 5.41) is 5.60. The molecule has 2 atom stereocenters. The van der Waals surface area contributed by atoms with Crippen LogP contribution in [-0.2, 0) is 22.5 Å². The van der Waals surface area contributed by atoms with E-state index in [9.17, 15) is 4.79 Å². The summed E-state index contributed by atoms with van der Waals surface area (Å²) in [6, 6.07) is 20.4. The molecule has 1 saturated heterocycles. The van der Waals surface area contributed by atoms with E-state index >= 15 is 0 Å². The van der Waals surface area contributed by atoms with E-state index in [4.69, 9.17) is 15.2 Å². The van der Waals surface area contributed by atoms with Crippen LogP contribution in [0.4, 0.5) is 0 Å². The van der Waals surface area contributed by atoms with Gasteiger partial charge in [0, 0.05) is 13.1 Å². The van der Waals surface area contributed by atoms with E-state index < -0.39 is 0 Å². The molecule has 1 heterocycles. The summed E-state index contributed by atoms with van der Waals surface area (Å²) in [6.07, 6.45) is 1.80. The van der Waals surface area contributed by atoms with Crippen LogP contribution in [0, 0.1) is 0 Å². The van der Waals surface area contributed by atoms with Crippen molar-refractivity contribution in [1.82, 2.24) is 5.32 Å². The van der Waals surface area contributed by atoms with Crippen LogP contribution in [0.2, 0.25) is 0 Å². The molecular weight excluding hydrogens is 388 g/mol. The molecule has 1 aliphatic rings. The molecule has 4 rings (SSSR count). The lowest BCUT2D eigenvalue weighted by Crippen LogP contribution is -2.20. The standard InChI is InChI=1S/C26H30N2O3/c1-2-30-26(29)25(21-7-9-23(10-8-21)31-24-11-12-28-17-24)15-18-3-5-20-6-4-19(16-27)14-22(20)13-18/h3-10,13-14,24-25,28H,2,11-12,15-17,27H2,1H3/t24-,25-/m0/s1. The summed E-state index contributed by atoms with van der Waals surface area (Å²) >= 11 is 0. The maximum absolute atomic E-state index is 12.8. The number of carbonyl (C=O) groups excluding carboxylic acids is 1. The first-order valence-corrected chi connectivity index (χ1v) is 11.0. The quantitative estimate of drug-likeness (QED) is 0.542. The Bertz CT molecular complexity index is 1030. The van der Waals surface area contributed by atoms with Crippen LogP contribution >= 0.6 is 0 Å². The Balaban J connectivity index is 1.56. The molecule has 0 saturated carbocycles. The SMILES string of the molecule is CCOC(=O)[C@@H](Cc1ccc2ccc(CN)cc2c1)c1ccc(O[C@H]2CCNC2)cc1. The second-order valence-corrected chi connectivity index (χ2v) is 8.03. The third-order valence-electron chi connectivity index (χ3n) is 5.82. The van der Waals surface area contributed by atoms with Crippen molar-refractivity contribution in [1.29, 1.82) is 0 Å². The molecule has 1 aliphatic heterocycles. The van der Waals surface area contributed by atoms with Crippen LogP contribution in [0.1, 0.15) is 36.0 Å². The van der Waals surface area contributed by atoms with E-state index in [1.165, 1.54) is 0 Å². The van der Waals surface area contributed by atoms with Gasteiger partial charge in [0.25, 0.3) is 0 Å². The van der Waals surface area contributed by atoms with Gasteiger partial charge in [0.2, 0.25) is 0 Å². The second-order valence-electron chi connectivity index (χ2n) is 8.03. The molecule has 3 N–H and O–H groups in total. The largest absolute Gasteiger partial charge is 0.489 e. The van der Waals surface area contributed by atoms with Crippen molar-refractivity contribution in [2.24, 2.45) is 5.73 Å². The summed E-state index contributed by atoms with van der Waals surface area (Å²) in [5.41, 5.74) is 8.92. The molecule has 0 aromatic heterocycles. The Morgan fingerprint density at radius 2 is 1.81 bits per heavy atom. The second kappa shape index (κ2) is 9.94. The normalized spacial score (nSPS) is 16.9. The van der Waals surface area contributed by atoms with E-state index in [1.54, 1.807) is 0 Å². The molecule has 0 radical (unpaired) electrons. The monoisotopic (exact) mass is 418 g/mol. The fourth-order valence-corrected chi connectivity index (χ4v) is 4.12. The Hall–Kier alpha value is -2.89. The molecular formula is C26H30N2O3. The van der Waals surface area contributed by atoms with Crippen LogP contribution < -0.4 is 15.8 Å². The zero-order valence-electron chi connectivity index (χ0n) is 18.0. The first kappa shape index (κ1) is 21.3. The van der Waals surface area contributed by atoms with E-state index in [0.717, 1.165) is 52.7 Å². The first-order chi connectivity index (χ1) is 15.2. The molecule has 1 fully saturated rings. The maximum atomic E-state index is 12.8. The number of rotatable bonds is 8. The van der Waals surface area contributed by atoms with Gasteiger partial charge in [-0.2, -0.15) is 0 Å². The molecule has 3 aromatic carbocycles. The average molecular weight is 419 g/mol. The summed E-state index contributed by atoms with van der Waals surface area (Å²) in [6.45, 7) is 4.58. The lowest BCUT2D eigenvalue weighted by Gasteiger charge is -2.18. The third-order valence-corrected chi connectivity index (χ3v) is 5.82. The summed E-state index contributed by atoms with van der Waals surface area (Å²) in [7, 11) is 0. The van der Waals surface area contributed by atoms with Gasteiger partial charge in [0.15, 0.2) is 0 Å². The predicted molar refractivity (Wildman–Crippen MR) is 123 cm³/mol. The molecule has 0 spiro atoms. The molecule has 0 unspecified atom stereocenters. The lowest BCUT2D eigenvalue weighted by molar-refractivity contribution is -0.144. The van der Waals surface area contributed by atoms with Gasteiger partial charge in [0.1, 0.15) is 11.9 Å². The fraction of sp³-hybridized carbons (Fsp3) is 0.346. The molecule has 0 amide bonds. The van der Waals surface area contributed by atoms with Gasteiger partial charge in [-0.05, 0) is 72.0 Å². The average Bonchev–Trinajstić information content (AvgIpc) is 3.31. The summed E-state index contributed by atoms with van der Waals surface area (Å²) in [5.74, 6) is 0.268. The topological polar surface area (TPSA) is 73.6 Å². The molecule has 3 aromatic rings. The minimum atomic E-state index is -0.364. The van der Waals surface area contributed by atoms with Gasteiger partial charge in [-0.1, -0.05) is 42.5 Å². The number of fused-ring (bicyclic) bond motifs is 1. The zero-order valence-corrected chi connectivity index (χ0v) is 18.0. The minimum Gasteiger partial charge on any atom is -0.489 e. The Morgan fingerprint density at radius 3 is 2.48 bits per heavy atom. The van der Waals surface area contributed by atoms with Gasteiger partial charge in [-0.25, -0.2) is 0 Å². The van der Waals surface area contributed by atoms with Gasteiger partial charge in [-0.15, -0.1) is 0 Å². The number of hydrogen-bond acceptors (Lipinski definition) is 5.